The van der Waals surface area contributed by atoms with E-state index in [4.69, 9.17) is 4.74 Å². The van der Waals surface area contributed by atoms with Crippen LogP contribution < -0.4 is 5.32 Å². The van der Waals surface area contributed by atoms with E-state index in [9.17, 15) is 9.59 Å². The molecule has 6 nitrogen and oxygen atoms in total. The third kappa shape index (κ3) is 2.74. The molecule has 6 heteroatoms. The number of carbonyl (C=O) groups is 2. The molecule has 0 aromatic heterocycles. The number of piperazine rings is 1. The molecule has 0 bridgehead atoms. The minimum atomic E-state index is -0.259. The highest BCUT2D eigenvalue weighted by atomic mass is 16.5. The zero-order valence-electron chi connectivity index (χ0n) is 13.7. The average Bonchev–Trinajstić information content (AvgIpc) is 3.29. The number of hydrogen-bond donors (Lipinski definition) is 1. The fourth-order valence-electron chi connectivity index (χ4n) is 3.95. The van der Waals surface area contributed by atoms with Gasteiger partial charge in [-0.05, 0) is 32.7 Å². The van der Waals surface area contributed by atoms with Gasteiger partial charge >= 0.3 is 0 Å². The Hall–Kier alpha value is -1.14. The third-order valence-corrected chi connectivity index (χ3v) is 5.75. The Kier molecular flexibility index (Phi) is 4.16. The van der Waals surface area contributed by atoms with Gasteiger partial charge in [0.25, 0.3) is 0 Å². The summed E-state index contributed by atoms with van der Waals surface area (Å²) in [6.45, 7) is 3.63. The number of ether oxygens (including phenoxy) is 1. The van der Waals surface area contributed by atoms with Crippen LogP contribution in [0.25, 0.3) is 0 Å². The molecule has 1 aliphatic carbocycles. The average molecular weight is 309 g/mol. The summed E-state index contributed by atoms with van der Waals surface area (Å²) in [7, 11) is 3.79. The van der Waals surface area contributed by atoms with Crippen molar-refractivity contribution in [3.05, 3.63) is 0 Å². The lowest BCUT2D eigenvalue weighted by Crippen LogP contribution is -2.63. The van der Waals surface area contributed by atoms with Crippen LogP contribution in [0.1, 0.15) is 32.1 Å². The summed E-state index contributed by atoms with van der Waals surface area (Å²) in [4.78, 5) is 28.9. The first kappa shape index (κ1) is 15.7. The molecular formula is C16H27N3O3. The molecule has 2 aliphatic heterocycles. The first-order valence-corrected chi connectivity index (χ1v) is 8.28. The van der Waals surface area contributed by atoms with Gasteiger partial charge in [0.05, 0.1) is 12.0 Å². The standard InChI is InChI=1S/C16H27N3O3/c1-18-9-10-19(14(21)15(5-6-15)12-22-2)11-16(18)4-3-13(20)17-8-7-16/h3-12H2,1-2H3,(H,17,20). The van der Waals surface area contributed by atoms with Crippen molar-refractivity contribution in [2.45, 2.75) is 37.6 Å². The molecule has 3 aliphatic rings. The molecule has 3 fully saturated rings. The van der Waals surface area contributed by atoms with Gasteiger partial charge in [-0.2, -0.15) is 0 Å². The fourth-order valence-corrected chi connectivity index (χ4v) is 3.95. The van der Waals surface area contributed by atoms with Crippen LogP contribution in [0.5, 0.6) is 0 Å². The number of carbonyl (C=O) groups excluding carboxylic acids is 2. The lowest BCUT2D eigenvalue weighted by atomic mass is 9.85. The van der Waals surface area contributed by atoms with Crippen LogP contribution in [0.3, 0.4) is 0 Å². The summed E-state index contributed by atoms with van der Waals surface area (Å²) in [5.41, 5.74) is -0.319. The van der Waals surface area contributed by atoms with E-state index >= 15 is 0 Å². The van der Waals surface area contributed by atoms with Crippen LogP contribution in [-0.4, -0.2) is 74.1 Å². The van der Waals surface area contributed by atoms with Gasteiger partial charge in [0.2, 0.25) is 11.8 Å². The summed E-state index contributed by atoms with van der Waals surface area (Å²) < 4.78 is 5.26. The Morgan fingerprint density at radius 2 is 2.05 bits per heavy atom. The maximum atomic E-state index is 12.9. The second-order valence-corrected chi connectivity index (χ2v) is 7.19. The molecule has 1 N–H and O–H groups in total. The smallest absolute Gasteiger partial charge is 0.231 e. The van der Waals surface area contributed by atoms with E-state index in [1.807, 2.05) is 4.90 Å². The Balaban J connectivity index is 1.73. The van der Waals surface area contributed by atoms with E-state index in [2.05, 4.69) is 17.3 Å². The first-order valence-electron chi connectivity index (χ1n) is 8.28. The molecule has 0 aromatic rings. The number of rotatable bonds is 3. The molecule has 124 valence electrons. The summed E-state index contributed by atoms with van der Waals surface area (Å²) in [6.07, 6.45) is 4.18. The van der Waals surface area contributed by atoms with Gasteiger partial charge in [0.15, 0.2) is 0 Å². The molecule has 2 amide bonds. The van der Waals surface area contributed by atoms with E-state index in [-0.39, 0.29) is 22.8 Å². The van der Waals surface area contributed by atoms with Crippen molar-refractivity contribution in [1.82, 2.24) is 15.1 Å². The molecule has 22 heavy (non-hydrogen) atoms. The molecule has 0 aromatic carbocycles. The Labute approximate surface area is 132 Å². The van der Waals surface area contributed by atoms with Crippen molar-refractivity contribution in [3.8, 4) is 0 Å². The number of methoxy groups -OCH3 is 1. The highest BCUT2D eigenvalue weighted by Gasteiger charge is 2.53. The lowest BCUT2D eigenvalue weighted by Gasteiger charge is -2.49. The number of hydrogen-bond acceptors (Lipinski definition) is 4. The predicted octanol–water partition coefficient (Wildman–Crippen LogP) is 0.226. The Morgan fingerprint density at radius 3 is 2.73 bits per heavy atom. The number of nitrogens with one attached hydrogen (secondary N) is 1. The maximum Gasteiger partial charge on any atom is 0.231 e. The molecule has 0 radical (unpaired) electrons. The van der Waals surface area contributed by atoms with Crippen molar-refractivity contribution in [2.75, 3.05) is 46.9 Å². The summed E-state index contributed by atoms with van der Waals surface area (Å²) in [6, 6.07) is 0. The van der Waals surface area contributed by atoms with Gasteiger partial charge in [-0.3, -0.25) is 14.5 Å². The number of nitrogens with zero attached hydrogens (tertiary/aromatic N) is 2. The van der Waals surface area contributed by atoms with E-state index in [1.54, 1.807) is 7.11 Å². The summed E-state index contributed by atoms with van der Waals surface area (Å²) in [5, 5.41) is 2.95. The van der Waals surface area contributed by atoms with Crippen molar-refractivity contribution >= 4 is 11.8 Å². The zero-order valence-corrected chi connectivity index (χ0v) is 13.7. The number of amides is 2. The predicted molar refractivity (Wildman–Crippen MR) is 82.3 cm³/mol. The molecule has 2 saturated heterocycles. The SMILES string of the molecule is COCC1(C(=O)N2CCN(C)C3(CCNC(=O)CC3)C2)CC1. The van der Waals surface area contributed by atoms with Crippen molar-refractivity contribution < 1.29 is 14.3 Å². The largest absolute Gasteiger partial charge is 0.384 e. The summed E-state index contributed by atoms with van der Waals surface area (Å²) in [5.74, 6) is 0.386. The van der Waals surface area contributed by atoms with Crippen molar-refractivity contribution in [3.63, 3.8) is 0 Å². The highest BCUT2D eigenvalue weighted by Crippen LogP contribution is 2.48. The maximum absolute atomic E-state index is 12.9. The summed E-state index contributed by atoms with van der Waals surface area (Å²) >= 11 is 0. The molecule has 1 unspecified atom stereocenters. The van der Waals surface area contributed by atoms with Gasteiger partial charge in [0, 0.05) is 45.2 Å². The second-order valence-electron chi connectivity index (χ2n) is 7.19. The Morgan fingerprint density at radius 1 is 1.27 bits per heavy atom. The fraction of sp³-hybridized carbons (Fsp3) is 0.875. The molecule has 1 saturated carbocycles. The first-order chi connectivity index (χ1) is 10.5. The molecule has 1 atom stereocenters. The van der Waals surface area contributed by atoms with Gasteiger partial charge in [-0.25, -0.2) is 0 Å². The van der Waals surface area contributed by atoms with E-state index in [0.29, 0.717) is 19.6 Å². The molecule has 2 heterocycles. The van der Waals surface area contributed by atoms with Crippen LogP contribution >= 0.6 is 0 Å². The Bertz CT molecular complexity index is 464. The van der Waals surface area contributed by atoms with Gasteiger partial charge in [0.1, 0.15) is 0 Å². The van der Waals surface area contributed by atoms with Crippen molar-refractivity contribution in [2.24, 2.45) is 5.41 Å². The van der Waals surface area contributed by atoms with Gasteiger partial charge < -0.3 is 15.0 Å². The van der Waals surface area contributed by atoms with Gasteiger partial charge in [-0.15, -0.1) is 0 Å². The number of likely N-dealkylation sites (N-methyl/N-ethyl adjacent to an activating group) is 1. The van der Waals surface area contributed by atoms with Crippen LogP contribution in [0.15, 0.2) is 0 Å². The quantitative estimate of drug-likeness (QED) is 0.810. The normalized spacial score (nSPS) is 31.7. The highest BCUT2D eigenvalue weighted by molar-refractivity contribution is 5.85. The van der Waals surface area contributed by atoms with Gasteiger partial charge in [-0.1, -0.05) is 0 Å². The molecule has 1 spiro atoms. The monoisotopic (exact) mass is 309 g/mol. The lowest BCUT2D eigenvalue weighted by molar-refractivity contribution is -0.144. The third-order valence-electron chi connectivity index (χ3n) is 5.75. The van der Waals surface area contributed by atoms with Crippen LogP contribution in [0, 0.1) is 5.41 Å². The van der Waals surface area contributed by atoms with Crippen LogP contribution in [0.2, 0.25) is 0 Å². The molecule has 3 rings (SSSR count). The molecular weight excluding hydrogens is 282 g/mol. The minimum absolute atomic E-state index is 0.0593. The van der Waals surface area contributed by atoms with E-state index in [1.165, 1.54) is 0 Å². The van der Waals surface area contributed by atoms with E-state index < -0.39 is 0 Å². The second kappa shape index (κ2) is 5.81. The minimum Gasteiger partial charge on any atom is -0.384 e. The van der Waals surface area contributed by atoms with Crippen LogP contribution in [-0.2, 0) is 14.3 Å². The van der Waals surface area contributed by atoms with Crippen molar-refractivity contribution in [1.29, 1.82) is 0 Å². The topological polar surface area (TPSA) is 61.9 Å². The zero-order chi connectivity index (χ0) is 15.8. The van der Waals surface area contributed by atoms with Crippen LogP contribution in [0.4, 0.5) is 0 Å². The van der Waals surface area contributed by atoms with E-state index in [0.717, 1.165) is 45.3 Å².